The molecule has 0 radical (unpaired) electrons. The van der Waals surface area contributed by atoms with E-state index in [1.165, 1.54) is 0 Å². The van der Waals surface area contributed by atoms with Gasteiger partial charge in [0.2, 0.25) is 0 Å². The predicted octanol–water partition coefficient (Wildman–Crippen LogP) is 3.32. The second-order valence-corrected chi connectivity index (χ2v) is 4.21. The fourth-order valence-electron chi connectivity index (χ4n) is 1.75. The zero-order valence-electron chi connectivity index (χ0n) is 10.6. The lowest BCUT2D eigenvalue weighted by Gasteiger charge is -2.09. The van der Waals surface area contributed by atoms with Crippen molar-refractivity contribution in [2.45, 2.75) is 13.5 Å². The van der Waals surface area contributed by atoms with Gasteiger partial charge in [-0.3, -0.25) is 0 Å². The topological polar surface area (TPSA) is 41.5 Å². The average Bonchev–Trinajstić information content (AvgIpc) is 2.40. The first-order chi connectivity index (χ1) is 8.69. The molecule has 0 fully saturated rings. The van der Waals surface area contributed by atoms with Crippen LogP contribution in [0.15, 0.2) is 42.5 Å². The Hall–Kier alpha value is -2.16. The number of nitrogens with one attached hydrogen (secondary N) is 1. The summed E-state index contributed by atoms with van der Waals surface area (Å²) in [5, 5.41) is 12.8. The lowest BCUT2D eigenvalue weighted by atomic mass is 10.2. The third-order valence-corrected chi connectivity index (χ3v) is 2.83. The molecule has 2 rings (SSSR count). The van der Waals surface area contributed by atoms with Crippen molar-refractivity contribution in [3.05, 3.63) is 53.6 Å². The van der Waals surface area contributed by atoms with Gasteiger partial charge in [-0.05, 0) is 48.4 Å². The molecule has 0 bridgehead atoms. The summed E-state index contributed by atoms with van der Waals surface area (Å²) in [5.74, 6) is 1.18. The van der Waals surface area contributed by atoms with Crippen LogP contribution in [0.4, 0.5) is 5.69 Å². The normalized spacial score (nSPS) is 10.1. The van der Waals surface area contributed by atoms with Crippen LogP contribution < -0.4 is 10.1 Å². The van der Waals surface area contributed by atoms with Crippen LogP contribution >= 0.6 is 0 Å². The number of phenols is 1. The summed E-state index contributed by atoms with van der Waals surface area (Å²) in [6.45, 7) is 2.60. The highest BCUT2D eigenvalue weighted by molar-refractivity contribution is 5.50. The fourth-order valence-corrected chi connectivity index (χ4v) is 1.75. The summed E-state index contributed by atoms with van der Waals surface area (Å²) in [4.78, 5) is 0. The summed E-state index contributed by atoms with van der Waals surface area (Å²) in [5.41, 5.74) is 3.01. The first-order valence-electron chi connectivity index (χ1n) is 5.85. The molecule has 0 unspecified atom stereocenters. The van der Waals surface area contributed by atoms with Crippen molar-refractivity contribution in [3.8, 4) is 11.5 Å². The van der Waals surface area contributed by atoms with E-state index in [9.17, 15) is 5.11 Å². The molecule has 0 aliphatic rings. The zero-order chi connectivity index (χ0) is 13.0. The van der Waals surface area contributed by atoms with Gasteiger partial charge in [0.25, 0.3) is 0 Å². The zero-order valence-corrected chi connectivity index (χ0v) is 10.6. The number of phenolic OH excluding ortho intramolecular Hbond substituents is 1. The molecular weight excluding hydrogens is 226 g/mol. The predicted molar refractivity (Wildman–Crippen MR) is 73.2 cm³/mol. The van der Waals surface area contributed by atoms with Gasteiger partial charge >= 0.3 is 0 Å². The molecule has 94 valence electrons. The van der Waals surface area contributed by atoms with Crippen molar-refractivity contribution in [1.82, 2.24) is 0 Å². The highest BCUT2D eigenvalue weighted by Gasteiger charge is 1.99. The van der Waals surface area contributed by atoms with Crippen LogP contribution in [-0.4, -0.2) is 12.2 Å². The minimum atomic E-state index is 0.321. The fraction of sp³-hybridized carbons (Fsp3) is 0.200. The Morgan fingerprint density at radius 2 is 2.00 bits per heavy atom. The Bertz CT molecular complexity index is 538. The third-order valence-electron chi connectivity index (χ3n) is 2.83. The van der Waals surface area contributed by atoms with Crippen LogP contribution in [0.5, 0.6) is 11.5 Å². The van der Waals surface area contributed by atoms with E-state index in [2.05, 4.69) is 5.32 Å². The molecule has 0 atom stereocenters. The minimum absolute atomic E-state index is 0.321. The van der Waals surface area contributed by atoms with E-state index < -0.39 is 0 Å². The van der Waals surface area contributed by atoms with Crippen molar-refractivity contribution >= 4 is 5.69 Å². The highest BCUT2D eigenvalue weighted by atomic mass is 16.5. The number of benzene rings is 2. The molecule has 0 saturated heterocycles. The van der Waals surface area contributed by atoms with E-state index in [1.807, 2.05) is 43.3 Å². The molecule has 0 saturated carbocycles. The highest BCUT2D eigenvalue weighted by Crippen LogP contribution is 2.21. The summed E-state index contributed by atoms with van der Waals surface area (Å²) in [6, 6.07) is 13.4. The molecule has 0 aromatic heterocycles. The van der Waals surface area contributed by atoms with Crippen LogP contribution in [0.25, 0.3) is 0 Å². The van der Waals surface area contributed by atoms with E-state index in [4.69, 9.17) is 4.74 Å². The van der Waals surface area contributed by atoms with Crippen molar-refractivity contribution in [2.75, 3.05) is 12.4 Å². The molecule has 3 nitrogen and oxygen atoms in total. The number of aromatic hydroxyl groups is 1. The number of rotatable bonds is 4. The number of hydrogen-bond donors (Lipinski definition) is 2. The molecule has 0 heterocycles. The van der Waals surface area contributed by atoms with Gasteiger partial charge in [0.05, 0.1) is 7.11 Å². The van der Waals surface area contributed by atoms with E-state index in [1.54, 1.807) is 13.2 Å². The SMILES string of the molecule is COc1cccc(CNc2ccc(O)c(C)c2)c1. The number of ether oxygens (including phenoxy) is 1. The Kier molecular flexibility index (Phi) is 3.72. The smallest absolute Gasteiger partial charge is 0.119 e. The standard InChI is InChI=1S/C15H17NO2/c1-11-8-13(6-7-15(11)17)16-10-12-4-3-5-14(9-12)18-2/h3-9,16-17H,10H2,1-2H3. The van der Waals surface area contributed by atoms with Crippen molar-refractivity contribution in [2.24, 2.45) is 0 Å². The van der Waals surface area contributed by atoms with Crippen LogP contribution in [0.1, 0.15) is 11.1 Å². The van der Waals surface area contributed by atoms with Gasteiger partial charge in [0.15, 0.2) is 0 Å². The maximum atomic E-state index is 9.45. The molecule has 18 heavy (non-hydrogen) atoms. The Morgan fingerprint density at radius 1 is 1.17 bits per heavy atom. The van der Waals surface area contributed by atoms with Gasteiger partial charge in [0.1, 0.15) is 11.5 Å². The van der Waals surface area contributed by atoms with Crippen molar-refractivity contribution < 1.29 is 9.84 Å². The molecule has 2 N–H and O–H groups in total. The van der Waals surface area contributed by atoms with E-state index >= 15 is 0 Å². The average molecular weight is 243 g/mol. The molecular formula is C15H17NO2. The lowest BCUT2D eigenvalue weighted by Crippen LogP contribution is -1.99. The summed E-state index contributed by atoms with van der Waals surface area (Å²) < 4.78 is 5.18. The van der Waals surface area contributed by atoms with Gasteiger partial charge in [-0.1, -0.05) is 12.1 Å². The van der Waals surface area contributed by atoms with Crippen LogP contribution in [0.3, 0.4) is 0 Å². The second kappa shape index (κ2) is 5.45. The van der Waals surface area contributed by atoms with Crippen LogP contribution in [0.2, 0.25) is 0 Å². The maximum absolute atomic E-state index is 9.45. The molecule has 3 heteroatoms. The number of methoxy groups -OCH3 is 1. The third kappa shape index (κ3) is 2.94. The first-order valence-corrected chi connectivity index (χ1v) is 5.85. The van der Waals surface area contributed by atoms with Gasteiger partial charge in [0, 0.05) is 12.2 Å². The van der Waals surface area contributed by atoms with Crippen molar-refractivity contribution in [3.63, 3.8) is 0 Å². The van der Waals surface area contributed by atoms with Gasteiger partial charge in [-0.2, -0.15) is 0 Å². The van der Waals surface area contributed by atoms with Crippen LogP contribution in [0, 0.1) is 6.92 Å². The second-order valence-electron chi connectivity index (χ2n) is 4.21. The van der Waals surface area contributed by atoms with E-state index in [0.717, 1.165) is 29.1 Å². The van der Waals surface area contributed by atoms with Gasteiger partial charge < -0.3 is 15.2 Å². The number of aryl methyl sites for hydroxylation is 1. The summed E-state index contributed by atoms with van der Waals surface area (Å²) >= 11 is 0. The van der Waals surface area contributed by atoms with E-state index in [0.29, 0.717) is 5.75 Å². The van der Waals surface area contributed by atoms with Gasteiger partial charge in [-0.25, -0.2) is 0 Å². The van der Waals surface area contributed by atoms with Crippen molar-refractivity contribution in [1.29, 1.82) is 0 Å². The molecule has 0 spiro atoms. The quantitative estimate of drug-likeness (QED) is 0.809. The molecule has 2 aromatic rings. The largest absolute Gasteiger partial charge is 0.508 e. The maximum Gasteiger partial charge on any atom is 0.119 e. The number of anilines is 1. The molecule has 0 amide bonds. The summed E-state index contributed by atoms with van der Waals surface area (Å²) in [6.07, 6.45) is 0. The van der Waals surface area contributed by atoms with E-state index in [-0.39, 0.29) is 0 Å². The summed E-state index contributed by atoms with van der Waals surface area (Å²) in [7, 11) is 1.66. The molecule has 2 aromatic carbocycles. The monoisotopic (exact) mass is 243 g/mol. The first kappa shape index (κ1) is 12.3. The Labute approximate surface area is 107 Å². The Balaban J connectivity index is 2.04. The Morgan fingerprint density at radius 3 is 2.72 bits per heavy atom. The van der Waals surface area contributed by atoms with Gasteiger partial charge in [-0.15, -0.1) is 0 Å². The number of hydrogen-bond acceptors (Lipinski definition) is 3. The molecule has 0 aliphatic heterocycles. The van der Waals surface area contributed by atoms with Crippen LogP contribution in [-0.2, 0) is 6.54 Å². The lowest BCUT2D eigenvalue weighted by molar-refractivity contribution is 0.414. The molecule has 0 aliphatic carbocycles. The minimum Gasteiger partial charge on any atom is -0.508 e.